The first kappa shape index (κ1) is 25.8. The number of carbonyl (C=O) groups excluding carboxylic acids is 2. The van der Waals surface area contributed by atoms with Gasteiger partial charge in [-0.3, -0.25) is 9.59 Å². The SMILES string of the molecule is COCCOc1cc2ncnc(NC3=CC(=O)C(Oc4ccc(S(N)(=O)=O)cc4)=CC3=O)c2cc1OC. The minimum Gasteiger partial charge on any atom is -0.493 e. The number of primary sulfonamides is 1. The van der Waals surface area contributed by atoms with Gasteiger partial charge in [0.05, 0.1) is 29.8 Å². The van der Waals surface area contributed by atoms with Gasteiger partial charge >= 0.3 is 0 Å². The van der Waals surface area contributed by atoms with Gasteiger partial charge in [-0.1, -0.05) is 0 Å². The van der Waals surface area contributed by atoms with Crippen LogP contribution >= 0.6 is 0 Å². The van der Waals surface area contributed by atoms with Crippen LogP contribution in [0.1, 0.15) is 0 Å². The fourth-order valence-electron chi connectivity index (χ4n) is 3.34. The molecule has 12 nitrogen and oxygen atoms in total. The molecule has 0 saturated heterocycles. The molecule has 0 fully saturated rings. The van der Waals surface area contributed by atoms with Gasteiger partial charge in [0.1, 0.15) is 24.5 Å². The van der Waals surface area contributed by atoms with Crippen molar-refractivity contribution < 1.29 is 37.0 Å². The van der Waals surface area contributed by atoms with E-state index in [1.165, 1.54) is 37.7 Å². The first-order valence-corrected chi connectivity index (χ1v) is 12.3. The summed E-state index contributed by atoms with van der Waals surface area (Å²) >= 11 is 0. The Balaban J connectivity index is 1.54. The molecule has 0 atom stereocenters. The number of allylic oxidation sites excluding steroid dienone is 2. The second-order valence-electron chi connectivity index (χ2n) is 7.62. The van der Waals surface area contributed by atoms with Gasteiger partial charge in [0, 0.05) is 30.7 Å². The number of nitrogens with one attached hydrogen (secondary N) is 1. The summed E-state index contributed by atoms with van der Waals surface area (Å²) < 4.78 is 44.3. The summed E-state index contributed by atoms with van der Waals surface area (Å²) in [7, 11) is -0.823. The van der Waals surface area contributed by atoms with Crippen molar-refractivity contribution in [2.24, 2.45) is 5.14 Å². The standard InChI is InChI=1S/C24H22N4O8S/c1-33-7-8-35-23-11-17-16(9-22(23)34-2)24(27-13-26-17)28-18-10-20(30)21(12-19(18)29)36-14-3-5-15(6-4-14)37(25,31)32/h3-6,9-13H,7-8H2,1-2H3,(H2,25,31,32)(H,26,27,28). The molecule has 3 aromatic rings. The van der Waals surface area contributed by atoms with Crippen LogP contribution in [-0.2, 0) is 24.3 Å². The summed E-state index contributed by atoms with van der Waals surface area (Å²) in [5.74, 6) is -0.0351. The van der Waals surface area contributed by atoms with E-state index in [2.05, 4.69) is 15.3 Å². The minimum atomic E-state index is -3.88. The van der Waals surface area contributed by atoms with Crippen LogP contribution in [0.15, 0.2) is 71.2 Å². The van der Waals surface area contributed by atoms with Crippen molar-refractivity contribution in [3.63, 3.8) is 0 Å². The van der Waals surface area contributed by atoms with Gasteiger partial charge in [-0.25, -0.2) is 23.5 Å². The first-order valence-electron chi connectivity index (χ1n) is 10.7. The Morgan fingerprint density at radius 1 is 0.946 bits per heavy atom. The van der Waals surface area contributed by atoms with Crippen molar-refractivity contribution in [1.29, 1.82) is 0 Å². The van der Waals surface area contributed by atoms with E-state index in [-0.39, 0.29) is 27.9 Å². The van der Waals surface area contributed by atoms with Crippen LogP contribution in [0, 0.1) is 0 Å². The highest BCUT2D eigenvalue weighted by Gasteiger charge is 2.24. The zero-order chi connectivity index (χ0) is 26.6. The molecular weight excluding hydrogens is 504 g/mol. The van der Waals surface area contributed by atoms with E-state index in [1.807, 2.05) is 0 Å². The molecule has 0 amide bonds. The maximum absolute atomic E-state index is 12.8. The van der Waals surface area contributed by atoms with Crippen molar-refractivity contribution in [2.45, 2.75) is 4.90 Å². The molecule has 0 spiro atoms. The Bertz CT molecular complexity index is 1530. The van der Waals surface area contributed by atoms with Gasteiger partial charge in [0.2, 0.25) is 21.6 Å². The van der Waals surface area contributed by atoms with Crippen LogP contribution < -0.4 is 24.7 Å². The van der Waals surface area contributed by atoms with Crippen LogP contribution in [0.2, 0.25) is 0 Å². The topological polar surface area (TPSA) is 169 Å². The second kappa shape index (κ2) is 10.7. The number of hydrogen-bond donors (Lipinski definition) is 2. The smallest absolute Gasteiger partial charge is 0.238 e. The molecule has 1 aliphatic rings. The van der Waals surface area contributed by atoms with E-state index in [9.17, 15) is 18.0 Å². The van der Waals surface area contributed by atoms with Crippen LogP contribution in [0.5, 0.6) is 17.2 Å². The van der Waals surface area contributed by atoms with Crippen molar-refractivity contribution >= 4 is 38.3 Å². The molecule has 1 aromatic heterocycles. The molecule has 2 aromatic carbocycles. The lowest BCUT2D eigenvalue weighted by Crippen LogP contribution is -2.21. The second-order valence-corrected chi connectivity index (χ2v) is 9.18. The molecule has 1 aliphatic carbocycles. The van der Waals surface area contributed by atoms with Crippen LogP contribution in [0.25, 0.3) is 10.9 Å². The molecule has 0 saturated carbocycles. The van der Waals surface area contributed by atoms with E-state index in [0.29, 0.717) is 35.6 Å². The molecule has 0 bridgehead atoms. The van der Waals surface area contributed by atoms with Gasteiger partial charge in [0.25, 0.3) is 0 Å². The van der Waals surface area contributed by atoms with E-state index in [4.69, 9.17) is 24.1 Å². The maximum Gasteiger partial charge on any atom is 0.238 e. The number of sulfonamides is 1. The molecule has 3 N–H and O–H groups in total. The van der Waals surface area contributed by atoms with Gasteiger partial charge < -0.3 is 24.3 Å². The molecule has 37 heavy (non-hydrogen) atoms. The van der Waals surface area contributed by atoms with Gasteiger partial charge in [-0.15, -0.1) is 0 Å². The monoisotopic (exact) mass is 526 g/mol. The zero-order valence-electron chi connectivity index (χ0n) is 19.8. The number of ketones is 2. The quantitative estimate of drug-likeness (QED) is 0.291. The third-order valence-electron chi connectivity index (χ3n) is 5.14. The molecule has 4 rings (SSSR count). The van der Waals surface area contributed by atoms with Gasteiger partial charge in [0.15, 0.2) is 17.3 Å². The average molecular weight is 527 g/mol. The average Bonchev–Trinajstić information content (AvgIpc) is 2.86. The zero-order valence-corrected chi connectivity index (χ0v) is 20.6. The fourth-order valence-corrected chi connectivity index (χ4v) is 3.86. The summed E-state index contributed by atoms with van der Waals surface area (Å²) in [6.45, 7) is 0.702. The predicted octanol–water partition coefficient (Wildman–Crippen LogP) is 1.72. The van der Waals surface area contributed by atoms with Crippen molar-refractivity contribution in [3.05, 3.63) is 66.3 Å². The first-order chi connectivity index (χ1) is 17.7. The van der Waals surface area contributed by atoms with E-state index in [0.717, 1.165) is 12.2 Å². The van der Waals surface area contributed by atoms with E-state index in [1.54, 1.807) is 19.2 Å². The Labute approximate surface area is 211 Å². The minimum absolute atomic E-state index is 0.0266. The number of nitrogens with zero attached hydrogens (tertiary/aromatic N) is 2. The maximum atomic E-state index is 12.8. The van der Waals surface area contributed by atoms with Crippen molar-refractivity contribution in [3.8, 4) is 17.2 Å². The normalized spacial score (nSPS) is 13.7. The number of aromatic nitrogens is 2. The predicted molar refractivity (Wildman–Crippen MR) is 132 cm³/mol. The number of hydrogen-bond acceptors (Lipinski definition) is 11. The van der Waals surface area contributed by atoms with Crippen LogP contribution in [0.3, 0.4) is 0 Å². The Morgan fingerprint density at radius 2 is 1.70 bits per heavy atom. The largest absolute Gasteiger partial charge is 0.493 e. The Hall–Kier alpha value is -4.33. The van der Waals surface area contributed by atoms with Gasteiger partial charge in [-0.2, -0.15) is 0 Å². The number of methoxy groups -OCH3 is 2. The molecule has 0 aliphatic heterocycles. The summed E-state index contributed by atoms with van der Waals surface area (Å²) in [5, 5.41) is 8.48. The third-order valence-corrected chi connectivity index (χ3v) is 6.07. The van der Waals surface area contributed by atoms with Crippen LogP contribution in [0.4, 0.5) is 5.82 Å². The molecule has 0 radical (unpaired) electrons. The van der Waals surface area contributed by atoms with E-state index < -0.39 is 21.6 Å². The number of rotatable bonds is 10. The number of carbonyl (C=O) groups is 2. The summed E-state index contributed by atoms with van der Waals surface area (Å²) in [5.41, 5.74) is 0.490. The Morgan fingerprint density at radius 3 is 2.38 bits per heavy atom. The summed E-state index contributed by atoms with van der Waals surface area (Å²) in [6, 6.07) is 8.43. The fraction of sp³-hybridized carbons (Fsp3) is 0.167. The highest BCUT2D eigenvalue weighted by molar-refractivity contribution is 7.89. The number of nitrogens with two attached hydrogens (primary N) is 1. The summed E-state index contributed by atoms with van der Waals surface area (Å²) in [4.78, 5) is 33.7. The molecule has 192 valence electrons. The highest BCUT2D eigenvalue weighted by atomic mass is 32.2. The van der Waals surface area contributed by atoms with E-state index >= 15 is 0 Å². The summed E-state index contributed by atoms with van der Waals surface area (Å²) in [6.07, 6.45) is 3.43. The third kappa shape index (κ3) is 5.91. The number of ether oxygens (including phenoxy) is 4. The molecular formula is C24H22N4O8S. The number of benzene rings is 2. The molecule has 1 heterocycles. The van der Waals surface area contributed by atoms with Crippen molar-refractivity contribution in [1.82, 2.24) is 9.97 Å². The number of fused-ring (bicyclic) bond motifs is 1. The molecule has 0 unspecified atom stereocenters. The Kier molecular flexibility index (Phi) is 7.47. The lowest BCUT2D eigenvalue weighted by molar-refractivity contribution is -0.116. The number of anilines is 1. The lowest BCUT2D eigenvalue weighted by atomic mass is 10.1. The molecule has 13 heteroatoms. The van der Waals surface area contributed by atoms with Crippen molar-refractivity contribution in [2.75, 3.05) is 32.8 Å². The highest BCUT2D eigenvalue weighted by Crippen LogP contribution is 2.34. The van der Waals surface area contributed by atoms with Crippen LogP contribution in [-0.4, -0.2) is 57.4 Å². The van der Waals surface area contributed by atoms with Gasteiger partial charge in [-0.05, 0) is 30.3 Å². The lowest BCUT2D eigenvalue weighted by Gasteiger charge is -2.16.